The lowest BCUT2D eigenvalue weighted by atomic mass is 10.1. The number of β-amino-alcohol motifs (C(OH)–C–C–N with tert-alkyl or cyclic N) is 1. The quantitative estimate of drug-likeness (QED) is 0.269. The first-order valence-electron chi connectivity index (χ1n) is 16.6. The molecule has 13 nitrogen and oxygen atoms in total. The Morgan fingerprint density at radius 1 is 0.765 bits per heavy atom. The highest BCUT2D eigenvalue weighted by molar-refractivity contribution is 8.13. The van der Waals surface area contributed by atoms with E-state index in [2.05, 4.69) is 0 Å². The zero-order chi connectivity index (χ0) is 38.9. The first-order valence-corrected chi connectivity index (χ1v) is 20.4. The number of nitrogens with zero attached hydrogens (tertiary/aromatic N) is 2. The van der Waals surface area contributed by atoms with Gasteiger partial charge >= 0.3 is 12.2 Å². The van der Waals surface area contributed by atoms with E-state index in [0.29, 0.717) is 19.3 Å². The standard InChI is InChI=1S/C18H27NO5S.C10H19NO4.C7H7ClO2S/c1-6-14-11-15(12-19(14)17(20)23-18(3,4)5)24-25(21,22)16-9-7-13(2)8-10-16;1-10(2,3)15-9(14)11-5-8(13)4-7(11)6-12;1-6-2-4-7(5-3-6)11(8,9)10/h7-10,14-15H,6,11-12H2,1-5H3;7-8,12-13H,4-6H2,1-3H3;2-5H,1H3. The second-order valence-corrected chi connectivity index (χ2v) is 18.7. The number of amides is 2. The number of hydrogen-bond donors (Lipinski definition) is 2. The number of rotatable bonds is 6. The van der Waals surface area contributed by atoms with Gasteiger partial charge in [-0.25, -0.2) is 18.0 Å². The van der Waals surface area contributed by atoms with E-state index in [9.17, 15) is 31.5 Å². The van der Waals surface area contributed by atoms with Crippen LogP contribution in [0.25, 0.3) is 0 Å². The molecule has 2 fully saturated rings. The fourth-order valence-electron chi connectivity index (χ4n) is 5.12. The Labute approximate surface area is 307 Å². The molecule has 288 valence electrons. The second kappa shape index (κ2) is 18.2. The summed E-state index contributed by atoms with van der Waals surface area (Å²) in [5.74, 6) is 0. The molecular formula is C35H53ClN2O11S2. The average molecular weight is 777 g/mol. The molecule has 2 aromatic rings. The first-order chi connectivity index (χ1) is 23.3. The van der Waals surface area contributed by atoms with E-state index in [1.165, 1.54) is 29.2 Å². The highest BCUT2D eigenvalue weighted by atomic mass is 35.7. The Morgan fingerprint density at radius 2 is 1.20 bits per heavy atom. The Bertz CT molecular complexity index is 1650. The molecule has 2 aliphatic rings. The number of aryl methyl sites for hydroxylation is 2. The van der Waals surface area contributed by atoms with Crippen LogP contribution >= 0.6 is 10.7 Å². The summed E-state index contributed by atoms with van der Waals surface area (Å²) in [7, 11) is -2.32. The fraction of sp³-hybridized carbons (Fsp3) is 0.600. The molecule has 2 aromatic carbocycles. The van der Waals surface area contributed by atoms with Crippen molar-refractivity contribution < 1.29 is 50.3 Å². The van der Waals surface area contributed by atoms with Crippen molar-refractivity contribution >= 4 is 42.0 Å². The zero-order valence-corrected chi connectivity index (χ0v) is 33.2. The van der Waals surface area contributed by atoms with Gasteiger partial charge in [-0.15, -0.1) is 0 Å². The van der Waals surface area contributed by atoms with Gasteiger partial charge in [-0.3, -0.25) is 4.18 Å². The predicted molar refractivity (Wildman–Crippen MR) is 194 cm³/mol. The summed E-state index contributed by atoms with van der Waals surface area (Å²) in [6.45, 7) is 16.8. The molecule has 4 atom stereocenters. The number of benzene rings is 2. The molecular weight excluding hydrogens is 724 g/mol. The summed E-state index contributed by atoms with van der Waals surface area (Å²) in [5, 5.41) is 18.4. The van der Waals surface area contributed by atoms with Crippen LogP contribution in [-0.4, -0.2) is 104 Å². The third-order valence-electron chi connectivity index (χ3n) is 7.58. The Hall–Kier alpha value is -2.95. The van der Waals surface area contributed by atoms with E-state index in [1.807, 2.05) is 20.8 Å². The molecule has 0 aromatic heterocycles. The number of likely N-dealkylation sites (tertiary alicyclic amines) is 2. The van der Waals surface area contributed by atoms with Crippen molar-refractivity contribution in [2.45, 2.75) is 127 Å². The minimum atomic E-state index is -3.86. The molecule has 2 heterocycles. The lowest BCUT2D eigenvalue weighted by Crippen LogP contribution is -2.41. The lowest BCUT2D eigenvalue weighted by Gasteiger charge is -2.27. The SMILES string of the molecule is CC(C)(C)OC(=O)N1CC(O)CC1CO.CCC1CC(OS(=O)(=O)c2ccc(C)cc2)CN1C(=O)OC(C)(C)C.Cc1ccc(S(=O)(=O)Cl)cc1. The van der Waals surface area contributed by atoms with Crippen LogP contribution in [0.4, 0.5) is 9.59 Å². The van der Waals surface area contributed by atoms with Gasteiger partial charge in [-0.1, -0.05) is 42.3 Å². The molecule has 0 bridgehead atoms. The first kappa shape index (κ1) is 44.2. The van der Waals surface area contributed by atoms with Gasteiger partial charge in [0.05, 0.1) is 47.7 Å². The van der Waals surface area contributed by atoms with Crippen molar-refractivity contribution in [3.8, 4) is 0 Å². The van der Waals surface area contributed by atoms with E-state index in [0.717, 1.165) is 11.1 Å². The minimum absolute atomic E-state index is 0.0898. The third kappa shape index (κ3) is 14.9. The highest BCUT2D eigenvalue weighted by Gasteiger charge is 2.39. The predicted octanol–water partition coefficient (Wildman–Crippen LogP) is 5.76. The van der Waals surface area contributed by atoms with Crippen molar-refractivity contribution in [1.82, 2.24) is 9.80 Å². The number of carbonyl (C=O) groups excluding carboxylic acids is 2. The van der Waals surface area contributed by atoms with Crippen LogP contribution in [0.1, 0.15) is 78.9 Å². The van der Waals surface area contributed by atoms with Crippen LogP contribution in [0.3, 0.4) is 0 Å². The topological polar surface area (TPSA) is 177 Å². The van der Waals surface area contributed by atoms with Crippen LogP contribution in [0.5, 0.6) is 0 Å². The van der Waals surface area contributed by atoms with Gasteiger partial charge in [0.2, 0.25) is 0 Å². The van der Waals surface area contributed by atoms with Crippen LogP contribution < -0.4 is 0 Å². The van der Waals surface area contributed by atoms with Gasteiger partial charge in [0.1, 0.15) is 11.2 Å². The summed E-state index contributed by atoms with van der Waals surface area (Å²) < 4.78 is 62.3. The normalized spacial score (nSPS) is 20.9. The molecule has 16 heteroatoms. The number of ether oxygens (including phenoxy) is 2. The van der Waals surface area contributed by atoms with E-state index in [-0.39, 0.29) is 41.6 Å². The molecule has 4 unspecified atom stereocenters. The van der Waals surface area contributed by atoms with Gasteiger partial charge in [-0.2, -0.15) is 8.42 Å². The van der Waals surface area contributed by atoms with Crippen LogP contribution in [0.15, 0.2) is 58.3 Å². The van der Waals surface area contributed by atoms with E-state index in [1.54, 1.807) is 70.7 Å². The fourth-order valence-corrected chi connectivity index (χ4v) is 6.97. The molecule has 0 saturated carbocycles. The number of hydrogen-bond acceptors (Lipinski definition) is 11. The Morgan fingerprint density at radius 3 is 1.59 bits per heavy atom. The van der Waals surface area contributed by atoms with Crippen LogP contribution in [-0.2, 0) is 32.8 Å². The van der Waals surface area contributed by atoms with Crippen LogP contribution in [0, 0.1) is 13.8 Å². The molecule has 0 radical (unpaired) electrons. The lowest BCUT2D eigenvalue weighted by molar-refractivity contribution is 0.0161. The molecule has 2 aliphatic heterocycles. The molecule has 51 heavy (non-hydrogen) atoms. The van der Waals surface area contributed by atoms with Crippen molar-refractivity contribution in [2.75, 3.05) is 19.7 Å². The van der Waals surface area contributed by atoms with Gasteiger partial charge in [0, 0.05) is 16.7 Å². The van der Waals surface area contributed by atoms with E-state index in [4.69, 9.17) is 29.4 Å². The maximum Gasteiger partial charge on any atom is 0.410 e. The second-order valence-electron chi connectivity index (χ2n) is 14.5. The number of aliphatic hydroxyl groups is 2. The molecule has 4 rings (SSSR count). The van der Waals surface area contributed by atoms with Crippen molar-refractivity contribution in [1.29, 1.82) is 0 Å². The largest absolute Gasteiger partial charge is 0.444 e. The summed E-state index contributed by atoms with van der Waals surface area (Å²) in [6, 6.07) is 12.5. The third-order valence-corrected chi connectivity index (χ3v) is 10.3. The monoisotopic (exact) mass is 776 g/mol. The number of halogens is 1. The highest BCUT2D eigenvalue weighted by Crippen LogP contribution is 2.28. The Balaban J connectivity index is 0.000000293. The van der Waals surface area contributed by atoms with Crippen LogP contribution in [0.2, 0.25) is 0 Å². The van der Waals surface area contributed by atoms with Crippen molar-refractivity contribution in [2.24, 2.45) is 0 Å². The maximum atomic E-state index is 12.4. The minimum Gasteiger partial charge on any atom is -0.444 e. The van der Waals surface area contributed by atoms with E-state index >= 15 is 0 Å². The van der Waals surface area contributed by atoms with Gasteiger partial charge in [-0.05, 0) is 98.9 Å². The molecule has 2 N–H and O–H groups in total. The molecule has 0 spiro atoms. The Kier molecular flexibility index (Phi) is 15.8. The molecule has 2 amide bonds. The molecule has 0 aliphatic carbocycles. The average Bonchev–Trinajstić information content (AvgIpc) is 3.58. The summed E-state index contributed by atoms with van der Waals surface area (Å²) in [5.41, 5.74) is 0.837. The van der Waals surface area contributed by atoms with Gasteiger partial charge < -0.3 is 29.5 Å². The van der Waals surface area contributed by atoms with Gasteiger partial charge in [0.15, 0.2) is 0 Å². The summed E-state index contributed by atoms with van der Waals surface area (Å²) in [6.07, 6.45) is -0.435. The summed E-state index contributed by atoms with van der Waals surface area (Å²) in [4.78, 5) is 27.2. The number of aliphatic hydroxyl groups excluding tert-OH is 2. The zero-order valence-electron chi connectivity index (χ0n) is 30.8. The smallest absolute Gasteiger partial charge is 0.410 e. The maximum absolute atomic E-state index is 12.4. The van der Waals surface area contributed by atoms with Crippen molar-refractivity contribution in [3.63, 3.8) is 0 Å². The van der Waals surface area contributed by atoms with Crippen molar-refractivity contribution in [3.05, 3.63) is 59.7 Å². The molecule has 2 saturated heterocycles. The van der Waals surface area contributed by atoms with E-state index < -0.39 is 54.8 Å². The number of carbonyl (C=O) groups is 2. The summed E-state index contributed by atoms with van der Waals surface area (Å²) >= 11 is 0. The van der Waals surface area contributed by atoms with Gasteiger partial charge in [0.25, 0.3) is 19.2 Å².